The van der Waals surface area contributed by atoms with Crippen LogP contribution in [0.3, 0.4) is 0 Å². The van der Waals surface area contributed by atoms with E-state index in [0.29, 0.717) is 6.04 Å². The van der Waals surface area contributed by atoms with E-state index < -0.39 is 0 Å². The van der Waals surface area contributed by atoms with Gasteiger partial charge in [-0.25, -0.2) is 0 Å². The Hall–Kier alpha value is -0.800. The van der Waals surface area contributed by atoms with Gasteiger partial charge in [0.2, 0.25) is 0 Å². The van der Waals surface area contributed by atoms with Crippen molar-refractivity contribution in [1.29, 1.82) is 0 Å². The fourth-order valence-electron chi connectivity index (χ4n) is 1.27. The third kappa shape index (κ3) is 3.52. The summed E-state index contributed by atoms with van der Waals surface area (Å²) in [5.74, 6) is 0. The Bertz CT molecular complexity index is 265. The van der Waals surface area contributed by atoms with Gasteiger partial charge in [0.05, 0.1) is 0 Å². The molecule has 1 unspecified atom stereocenters. The first-order valence-corrected chi connectivity index (χ1v) is 5.07. The molecule has 0 aromatic carbocycles. The Morgan fingerprint density at radius 1 is 1.50 bits per heavy atom. The van der Waals surface area contributed by atoms with Gasteiger partial charge in [-0.2, -0.15) is 0 Å². The number of aryl methyl sites for hydroxylation is 1. The molecular weight excluding hydrogens is 174 g/mol. The number of hydrogen-bond acceptors (Lipinski definition) is 2. The van der Waals surface area contributed by atoms with Crippen LogP contribution in [-0.2, 0) is 13.6 Å². The Kier molecular flexibility index (Phi) is 4.17. The minimum Gasteiger partial charge on any atom is -0.357 e. The minimum atomic E-state index is 0.582. The zero-order valence-electron chi connectivity index (χ0n) is 9.62. The fraction of sp³-hybridized carbons (Fsp3) is 0.636. The van der Waals surface area contributed by atoms with Gasteiger partial charge in [-0.05, 0) is 32.6 Å². The number of likely N-dealkylation sites (N-methyl/N-ethyl adjacent to an activating group) is 1. The summed E-state index contributed by atoms with van der Waals surface area (Å²) in [5, 5.41) is 3.44. The maximum atomic E-state index is 3.44. The topological polar surface area (TPSA) is 20.2 Å². The van der Waals surface area contributed by atoms with Gasteiger partial charge >= 0.3 is 0 Å². The molecule has 0 spiro atoms. The highest BCUT2D eigenvalue weighted by atomic mass is 15.1. The Morgan fingerprint density at radius 2 is 2.21 bits per heavy atom. The van der Waals surface area contributed by atoms with Crippen LogP contribution in [0.5, 0.6) is 0 Å². The average molecular weight is 195 g/mol. The predicted molar refractivity (Wildman–Crippen MR) is 60.3 cm³/mol. The van der Waals surface area contributed by atoms with E-state index >= 15 is 0 Å². The molecule has 3 heteroatoms. The normalized spacial score (nSPS) is 13.5. The lowest BCUT2D eigenvalue weighted by atomic mass is 10.3. The Balaban J connectivity index is 2.22. The molecule has 0 aliphatic carbocycles. The molecule has 1 rings (SSSR count). The van der Waals surface area contributed by atoms with E-state index in [0.717, 1.165) is 13.1 Å². The number of rotatable bonds is 5. The van der Waals surface area contributed by atoms with Crippen LogP contribution in [0.1, 0.15) is 12.5 Å². The maximum absolute atomic E-state index is 3.44. The van der Waals surface area contributed by atoms with Crippen LogP contribution in [0.2, 0.25) is 0 Å². The smallest absolute Gasteiger partial charge is 0.0221 e. The lowest BCUT2D eigenvalue weighted by Crippen LogP contribution is -2.35. The molecule has 3 nitrogen and oxygen atoms in total. The summed E-state index contributed by atoms with van der Waals surface area (Å²) in [5.41, 5.74) is 1.35. The number of aromatic nitrogens is 1. The molecule has 1 N–H and O–H groups in total. The molecular formula is C11H21N3. The highest BCUT2D eigenvalue weighted by Crippen LogP contribution is 1.98. The van der Waals surface area contributed by atoms with Crippen LogP contribution < -0.4 is 5.32 Å². The van der Waals surface area contributed by atoms with Crippen LogP contribution >= 0.6 is 0 Å². The van der Waals surface area contributed by atoms with Crippen LogP contribution in [0.4, 0.5) is 0 Å². The molecule has 0 fully saturated rings. The molecule has 0 radical (unpaired) electrons. The predicted octanol–water partition coefficient (Wildman–Crippen LogP) is 1.06. The van der Waals surface area contributed by atoms with E-state index in [9.17, 15) is 0 Å². The molecule has 0 saturated heterocycles. The summed E-state index contributed by atoms with van der Waals surface area (Å²) in [7, 11) is 6.26. The maximum Gasteiger partial charge on any atom is 0.0221 e. The van der Waals surface area contributed by atoms with Gasteiger partial charge in [0.1, 0.15) is 0 Å². The number of nitrogens with one attached hydrogen (secondary N) is 1. The first kappa shape index (κ1) is 11.3. The van der Waals surface area contributed by atoms with Gasteiger partial charge in [-0.15, -0.1) is 0 Å². The van der Waals surface area contributed by atoms with E-state index in [1.165, 1.54) is 5.56 Å². The van der Waals surface area contributed by atoms with E-state index in [2.05, 4.69) is 54.3 Å². The summed E-state index contributed by atoms with van der Waals surface area (Å²) in [6.07, 6.45) is 4.22. The second kappa shape index (κ2) is 5.17. The molecule has 0 bridgehead atoms. The molecule has 1 atom stereocenters. The highest BCUT2D eigenvalue weighted by molar-refractivity contribution is 5.09. The first-order valence-electron chi connectivity index (χ1n) is 5.07. The summed E-state index contributed by atoms with van der Waals surface area (Å²) in [6, 6.07) is 2.73. The molecule has 1 aromatic rings. The van der Waals surface area contributed by atoms with E-state index in [-0.39, 0.29) is 0 Å². The van der Waals surface area contributed by atoms with Crippen molar-refractivity contribution < 1.29 is 0 Å². The molecule has 0 saturated carbocycles. The molecule has 0 amide bonds. The lowest BCUT2D eigenvalue weighted by Gasteiger charge is -2.19. The molecule has 1 heterocycles. The van der Waals surface area contributed by atoms with Gasteiger partial charge in [0, 0.05) is 38.6 Å². The van der Waals surface area contributed by atoms with Gasteiger partial charge in [-0.1, -0.05) is 0 Å². The van der Waals surface area contributed by atoms with Crippen molar-refractivity contribution in [2.45, 2.75) is 19.5 Å². The van der Waals surface area contributed by atoms with E-state index in [1.54, 1.807) is 0 Å². The average Bonchev–Trinajstić information content (AvgIpc) is 2.51. The quantitative estimate of drug-likeness (QED) is 0.758. The van der Waals surface area contributed by atoms with Crippen molar-refractivity contribution in [3.05, 3.63) is 24.0 Å². The van der Waals surface area contributed by atoms with Crippen molar-refractivity contribution in [2.24, 2.45) is 7.05 Å². The lowest BCUT2D eigenvalue weighted by molar-refractivity contribution is 0.302. The first-order chi connectivity index (χ1) is 6.59. The van der Waals surface area contributed by atoms with Crippen molar-refractivity contribution in [1.82, 2.24) is 14.8 Å². The molecule has 0 aliphatic rings. The van der Waals surface area contributed by atoms with Crippen LogP contribution in [-0.4, -0.2) is 36.1 Å². The number of nitrogens with zero attached hydrogens (tertiary/aromatic N) is 2. The molecule has 1 aromatic heterocycles. The van der Waals surface area contributed by atoms with Gasteiger partial charge in [-0.3, -0.25) is 0 Å². The van der Waals surface area contributed by atoms with Crippen LogP contribution in [0.25, 0.3) is 0 Å². The summed E-state index contributed by atoms with van der Waals surface area (Å²) < 4.78 is 2.08. The Labute approximate surface area is 86.7 Å². The SMILES string of the molecule is CC(CNCc1ccn(C)c1)N(C)C. The van der Waals surface area contributed by atoms with E-state index in [4.69, 9.17) is 0 Å². The van der Waals surface area contributed by atoms with E-state index in [1.807, 2.05) is 7.05 Å². The van der Waals surface area contributed by atoms with Gasteiger partial charge < -0.3 is 14.8 Å². The van der Waals surface area contributed by atoms with Crippen LogP contribution in [0.15, 0.2) is 18.5 Å². The number of hydrogen-bond donors (Lipinski definition) is 1. The van der Waals surface area contributed by atoms with Crippen molar-refractivity contribution in [3.8, 4) is 0 Å². The van der Waals surface area contributed by atoms with Crippen LogP contribution in [0, 0.1) is 0 Å². The van der Waals surface area contributed by atoms with Crippen molar-refractivity contribution >= 4 is 0 Å². The zero-order chi connectivity index (χ0) is 10.6. The second-order valence-corrected chi connectivity index (χ2v) is 4.13. The fourth-order valence-corrected chi connectivity index (χ4v) is 1.27. The third-order valence-electron chi connectivity index (χ3n) is 2.54. The van der Waals surface area contributed by atoms with Gasteiger partial charge in [0.25, 0.3) is 0 Å². The molecule has 80 valence electrons. The summed E-state index contributed by atoms with van der Waals surface area (Å²) in [6.45, 7) is 4.21. The largest absolute Gasteiger partial charge is 0.357 e. The summed E-state index contributed by atoms with van der Waals surface area (Å²) >= 11 is 0. The van der Waals surface area contributed by atoms with Crippen molar-refractivity contribution in [3.63, 3.8) is 0 Å². The standard InChI is InChI=1S/C11H21N3/c1-10(13(2)3)7-12-8-11-5-6-14(4)9-11/h5-6,9-10,12H,7-8H2,1-4H3. The highest BCUT2D eigenvalue weighted by Gasteiger charge is 2.03. The monoisotopic (exact) mass is 195 g/mol. The summed E-state index contributed by atoms with van der Waals surface area (Å²) in [4.78, 5) is 2.22. The zero-order valence-corrected chi connectivity index (χ0v) is 9.62. The van der Waals surface area contributed by atoms with Gasteiger partial charge in [0.15, 0.2) is 0 Å². The van der Waals surface area contributed by atoms with Crippen molar-refractivity contribution in [2.75, 3.05) is 20.6 Å². The third-order valence-corrected chi connectivity index (χ3v) is 2.54. The molecule has 0 aliphatic heterocycles. The minimum absolute atomic E-state index is 0.582. The molecule has 14 heavy (non-hydrogen) atoms. The Morgan fingerprint density at radius 3 is 2.71 bits per heavy atom. The second-order valence-electron chi connectivity index (χ2n) is 4.13.